The molecule has 1 atom stereocenters. The fourth-order valence-electron chi connectivity index (χ4n) is 2.41. The summed E-state index contributed by atoms with van der Waals surface area (Å²) in [6.07, 6.45) is 5.13. The van der Waals surface area contributed by atoms with Crippen LogP contribution in [0.25, 0.3) is 0 Å². The van der Waals surface area contributed by atoms with Gasteiger partial charge >= 0.3 is 12.1 Å². The third kappa shape index (κ3) is 4.62. The van der Waals surface area contributed by atoms with Crippen molar-refractivity contribution >= 4 is 12.1 Å². The average molecular weight is 303 g/mol. The Morgan fingerprint density at radius 3 is 2.86 bits per heavy atom. The van der Waals surface area contributed by atoms with E-state index in [1.54, 1.807) is 11.0 Å². The summed E-state index contributed by atoms with van der Waals surface area (Å²) in [5.41, 5.74) is 1.19. The Balaban J connectivity index is 1.82. The number of cyclic esters (lactones) is 1. The van der Waals surface area contributed by atoms with Crippen molar-refractivity contribution in [1.82, 2.24) is 4.90 Å². The average Bonchev–Trinajstić information content (AvgIpc) is 2.88. The van der Waals surface area contributed by atoms with Crippen LogP contribution in [0.5, 0.6) is 0 Å². The lowest BCUT2D eigenvalue weighted by Crippen LogP contribution is -2.35. The van der Waals surface area contributed by atoms with Crippen molar-refractivity contribution in [1.29, 1.82) is 0 Å². The van der Waals surface area contributed by atoms with Crippen LogP contribution >= 0.6 is 0 Å². The molecule has 1 aliphatic heterocycles. The number of esters is 1. The van der Waals surface area contributed by atoms with E-state index in [0.29, 0.717) is 19.6 Å². The molecule has 1 saturated heterocycles. The van der Waals surface area contributed by atoms with Crippen LogP contribution in [0, 0.1) is 0 Å². The summed E-state index contributed by atoms with van der Waals surface area (Å²) in [6.45, 7) is 1.02. The van der Waals surface area contributed by atoms with Gasteiger partial charge in [-0.15, -0.1) is 0 Å². The first-order valence-electron chi connectivity index (χ1n) is 7.40. The highest BCUT2D eigenvalue weighted by molar-refractivity contribution is 5.71. The summed E-state index contributed by atoms with van der Waals surface area (Å²) in [5, 5.41) is 0. The van der Waals surface area contributed by atoms with Gasteiger partial charge in [-0.2, -0.15) is 0 Å². The van der Waals surface area contributed by atoms with E-state index in [4.69, 9.17) is 4.74 Å². The van der Waals surface area contributed by atoms with Gasteiger partial charge in [0.15, 0.2) is 0 Å². The fourth-order valence-corrected chi connectivity index (χ4v) is 2.41. The molecule has 118 valence electrons. The number of ether oxygens (including phenoxy) is 2. The Morgan fingerprint density at radius 2 is 2.14 bits per heavy atom. The zero-order valence-electron chi connectivity index (χ0n) is 12.7. The molecule has 1 amide bonds. The van der Waals surface area contributed by atoms with Gasteiger partial charge in [-0.25, -0.2) is 4.79 Å². The predicted molar refractivity (Wildman–Crippen MR) is 82.4 cm³/mol. The molecular formula is C17H21NO4. The molecule has 22 heavy (non-hydrogen) atoms. The number of carbonyl (C=O) groups is 2. The maximum Gasteiger partial charge on any atom is 0.410 e. The molecule has 0 unspecified atom stereocenters. The lowest BCUT2D eigenvalue weighted by Gasteiger charge is -2.20. The number of rotatable bonds is 7. The van der Waals surface area contributed by atoms with Crippen LogP contribution in [0.15, 0.2) is 42.5 Å². The second-order valence-electron chi connectivity index (χ2n) is 5.15. The van der Waals surface area contributed by atoms with Gasteiger partial charge in [0.2, 0.25) is 0 Å². The van der Waals surface area contributed by atoms with E-state index in [0.717, 1.165) is 6.42 Å². The number of hydrogen-bond donors (Lipinski definition) is 0. The zero-order valence-corrected chi connectivity index (χ0v) is 12.7. The standard InChI is InChI=1S/C17H21NO4/c1-21-16(19)10-6-3-7-11-18-15(13-22-17(18)20)12-14-8-4-2-5-9-14/h2-6,8-9,15H,7,10-13H2,1H3/b6-3+/t15-/m0/s1. The predicted octanol–water partition coefficient (Wildman–Crippen LogP) is 2.56. The Hall–Kier alpha value is -2.30. The quantitative estimate of drug-likeness (QED) is 0.574. The molecule has 0 spiro atoms. The summed E-state index contributed by atoms with van der Waals surface area (Å²) < 4.78 is 9.71. The summed E-state index contributed by atoms with van der Waals surface area (Å²) in [6, 6.07) is 10.1. The minimum absolute atomic E-state index is 0.0731. The van der Waals surface area contributed by atoms with Crippen LogP contribution in [0.3, 0.4) is 0 Å². The van der Waals surface area contributed by atoms with E-state index < -0.39 is 0 Å². The number of benzene rings is 1. The van der Waals surface area contributed by atoms with E-state index in [9.17, 15) is 9.59 Å². The van der Waals surface area contributed by atoms with Crippen molar-refractivity contribution in [2.75, 3.05) is 20.3 Å². The van der Waals surface area contributed by atoms with Crippen LogP contribution in [-0.4, -0.2) is 43.3 Å². The third-order valence-electron chi connectivity index (χ3n) is 3.60. The first-order valence-corrected chi connectivity index (χ1v) is 7.40. The topological polar surface area (TPSA) is 55.8 Å². The van der Waals surface area contributed by atoms with Crippen molar-refractivity contribution < 1.29 is 19.1 Å². The molecule has 1 aromatic carbocycles. The van der Waals surface area contributed by atoms with Crippen LogP contribution in [-0.2, 0) is 20.7 Å². The molecular weight excluding hydrogens is 282 g/mol. The Bertz CT molecular complexity index is 527. The van der Waals surface area contributed by atoms with Gasteiger partial charge < -0.3 is 14.4 Å². The van der Waals surface area contributed by atoms with Crippen molar-refractivity contribution in [3.63, 3.8) is 0 Å². The fraction of sp³-hybridized carbons (Fsp3) is 0.412. The smallest absolute Gasteiger partial charge is 0.410 e. The van der Waals surface area contributed by atoms with Crippen LogP contribution < -0.4 is 0 Å². The number of methoxy groups -OCH3 is 1. The highest BCUT2D eigenvalue weighted by Crippen LogP contribution is 2.17. The van der Waals surface area contributed by atoms with Crippen molar-refractivity contribution in [3.05, 3.63) is 48.0 Å². The molecule has 2 rings (SSSR count). The minimum atomic E-state index is -0.265. The summed E-state index contributed by atoms with van der Waals surface area (Å²) in [5.74, 6) is -0.265. The van der Waals surface area contributed by atoms with Gasteiger partial charge in [-0.05, 0) is 18.4 Å². The largest absolute Gasteiger partial charge is 0.469 e. The second kappa shape index (κ2) is 8.22. The lowest BCUT2D eigenvalue weighted by atomic mass is 10.1. The molecule has 0 radical (unpaired) electrons. The Labute approximate surface area is 130 Å². The molecule has 0 bridgehead atoms. The monoisotopic (exact) mass is 303 g/mol. The van der Waals surface area contributed by atoms with Crippen molar-refractivity contribution in [2.45, 2.75) is 25.3 Å². The van der Waals surface area contributed by atoms with E-state index >= 15 is 0 Å². The molecule has 1 heterocycles. The van der Waals surface area contributed by atoms with E-state index in [-0.39, 0.29) is 24.5 Å². The van der Waals surface area contributed by atoms with Crippen LogP contribution in [0.2, 0.25) is 0 Å². The lowest BCUT2D eigenvalue weighted by molar-refractivity contribution is -0.139. The molecule has 1 aromatic rings. The van der Waals surface area contributed by atoms with E-state index in [1.165, 1.54) is 12.7 Å². The molecule has 5 heteroatoms. The van der Waals surface area contributed by atoms with Gasteiger partial charge in [0.05, 0.1) is 19.6 Å². The minimum Gasteiger partial charge on any atom is -0.469 e. The number of nitrogens with zero attached hydrogens (tertiary/aromatic N) is 1. The normalized spacial score (nSPS) is 17.8. The van der Waals surface area contributed by atoms with Crippen LogP contribution in [0.1, 0.15) is 18.4 Å². The maximum atomic E-state index is 11.8. The van der Waals surface area contributed by atoms with Gasteiger partial charge in [-0.3, -0.25) is 4.79 Å². The van der Waals surface area contributed by atoms with E-state index in [2.05, 4.69) is 16.9 Å². The van der Waals surface area contributed by atoms with Gasteiger partial charge in [-0.1, -0.05) is 42.5 Å². The molecule has 1 fully saturated rings. The maximum absolute atomic E-state index is 11.8. The Morgan fingerprint density at radius 1 is 1.36 bits per heavy atom. The molecule has 0 saturated carbocycles. The second-order valence-corrected chi connectivity index (χ2v) is 5.15. The summed E-state index contributed by atoms with van der Waals surface area (Å²) in [4.78, 5) is 24.5. The van der Waals surface area contributed by atoms with Gasteiger partial charge in [0.25, 0.3) is 0 Å². The van der Waals surface area contributed by atoms with Crippen molar-refractivity contribution in [3.8, 4) is 0 Å². The third-order valence-corrected chi connectivity index (χ3v) is 3.60. The Kier molecular flexibility index (Phi) is 6.01. The van der Waals surface area contributed by atoms with Gasteiger partial charge in [0.1, 0.15) is 6.61 Å². The molecule has 0 N–H and O–H groups in total. The summed E-state index contributed by atoms with van der Waals surface area (Å²) in [7, 11) is 1.37. The molecule has 0 aromatic heterocycles. The molecule has 5 nitrogen and oxygen atoms in total. The summed E-state index contributed by atoms with van der Waals surface area (Å²) >= 11 is 0. The molecule has 0 aliphatic carbocycles. The first-order chi connectivity index (χ1) is 10.7. The van der Waals surface area contributed by atoms with Crippen LogP contribution in [0.4, 0.5) is 4.79 Å². The van der Waals surface area contributed by atoms with E-state index in [1.807, 2.05) is 24.3 Å². The first kappa shape index (κ1) is 16.1. The zero-order chi connectivity index (χ0) is 15.8. The van der Waals surface area contributed by atoms with Crippen molar-refractivity contribution in [2.24, 2.45) is 0 Å². The number of amides is 1. The highest BCUT2D eigenvalue weighted by atomic mass is 16.6. The number of hydrogen-bond acceptors (Lipinski definition) is 4. The van der Waals surface area contributed by atoms with Gasteiger partial charge in [0, 0.05) is 6.54 Å². The SMILES string of the molecule is COC(=O)C/C=C/CCN1C(=O)OC[C@@H]1Cc1ccccc1. The molecule has 1 aliphatic rings. The highest BCUT2D eigenvalue weighted by Gasteiger charge is 2.32. The number of carbonyl (C=O) groups excluding carboxylic acids is 2.